The highest BCUT2D eigenvalue weighted by atomic mass is 31.2. The highest BCUT2D eigenvalue weighted by Gasteiger charge is 2.54. The number of carboxylic acids is 1. The van der Waals surface area contributed by atoms with E-state index in [1.807, 2.05) is 12.1 Å². The molecule has 5 nitrogen and oxygen atoms in total. The van der Waals surface area contributed by atoms with Crippen molar-refractivity contribution in [2.75, 3.05) is 6.16 Å². The summed E-state index contributed by atoms with van der Waals surface area (Å²) < 4.78 is 12.4. The molecule has 0 amide bonds. The Balaban J connectivity index is 2.33. The average Bonchev–Trinajstić information content (AvgIpc) is 2.41. The normalized spacial score (nSPS) is 30.1. The summed E-state index contributed by atoms with van der Waals surface area (Å²) in [5, 5.41) is 8.00. The van der Waals surface area contributed by atoms with Crippen LogP contribution in [0.4, 0.5) is 0 Å². The Kier molecular flexibility index (Phi) is 4.33. The van der Waals surface area contributed by atoms with Gasteiger partial charge in [0, 0.05) is 12.7 Å². The number of aliphatic carboxylic acids is 1. The Morgan fingerprint density at radius 3 is 2.35 bits per heavy atom. The van der Waals surface area contributed by atoms with Crippen LogP contribution in [-0.4, -0.2) is 27.3 Å². The van der Waals surface area contributed by atoms with Crippen LogP contribution < -0.4 is 5.73 Å². The predicted octanol–water partition coefficient (Wildman–Crippen LogP) is 1.97. The Morgan fingerprint density at radius 2 is 1.85 bits per heavy atom. The zero-order chi connectivity index (χ0) is 14.8. The first-order valence-electron chi connectivity index (χ1n) is 6.74. The minimum atomic E-state index is -3.69. The van der Waals surface area contributed by atoms with E-state index in [1.165, 1.54) is 0 Å². The van der Waals surface area contributed by atoms with Gasteiger partial charge in [0.05, 0.1) is 0 Å². The van der Waals surface area contributed by atoms with E-state index in [1.54, 1.807) is 12.1 Å². The molecule has 1 aromatic carbocycles. The van der Waals surface area contributed by atoms with Crippen LogP contribution in [0.1, 0.15) is 30.4 Å². The molecule has 1 fully saturated rings. The standard InChI is InChI=1S/C14H20NO4P/c15-10-12-5-3-11(4-6-12)9-14(13(16)17)7-1-2-8-20(14,18)19/h3-6H,1-2,7-10,15H2,(H,16,17)(H,18,19). The molecule has 1 aromatic rings. The van der Waals surface area contributed by atoms with Gasteiger partial charge in [-0.15, -0.1) is 0 Å². The molecule has 6 heteroatoms. The summed E-state index contributed by atoms with van der Waals surface area (Å²) >= 11 is 0. The van der Waals surface area contributed by atoms with Gasteiger partial charge in [0.1, 0.15) is 5.16 Å². The molecular formula is C14H20NO4P. The van der Waals surface area contributed by atoms with E-state index < -0.39 is 18.5 Å². The van der Waals surface area contributed by atoms with Gasteiger partial charge < -0.3 is 15.7 Å². The van der Waals surface area contributed by atoms with E-state index in [4.69, 9.17) is 5.73 Å². The van der Waals surface area contributed by atoms with Crippen LogP contribution in [0.2, 0.25) is 0 Å². The van der Waals surface area contributed by atoms with Crippen molar-refractivity contribution in [2.24, 2.45) is 5.73 Å². The fraction of sp³-hybridized carbons (Fsp3) is 0.500. The van der Waals surface area contributed by atoms with Crippen LogP contribution in [-0.2, 0) is 22.3 Å². The van der Waals surface area contributed by atoms with Gasteiger partial charge in [-0.3, -0.25) is 9.36 Å². The number of benzene rings is 1. The van der Waals surface area contributed by atoms with E-state index in [-0.39, 0.29) is 19.0 Å². The van der Waals surface area contributed by atoms with Gasteiger partial charge in [0.2, 0.25) is 7.37 Å². The fourth-order valence-corrected chi connectivity index (χ4v) is 5.12. The van der Waals surface area contributed by atoms with Crippen molar-refractivity contribution in [1.29, 1.82) is 0 Å². The lowest BCUT2D eigenvalue weighted by molar-refractivity contribution is -0.140. The van der Waals surface area contributed by atoms with Crippen molar-refractivity contribution in [1.82, 2.24) is 0 Å². The Labute approximate surface area is 118 Å². The molecule has 0 bridgehead atoms. The van der Waals surface area contributed by atoms with E-state index in [2.05, 4.69) is 0 Å². The maximum absolute atomic E-state index is 12.4. The summed E-state index contributed by atoms with van der Waals surface area (Å²) in [6.45, 7) is 0.419. The molecule has 2 unspecified atom stereocenters. The molecule has 1 saturated heterocycles. The van der Waals surface area contributed by atoms with E-state index in [0.29, 0.717) is 19.4 Å². The van der Waals surface area contributed by atoms with Crippen molar-refractivity contribution >= 4 is 13.3 Å². The third kappa shape index (κ3) is 2.66. The van der Waals surface area contributed by atoms with Crippen molar-refractivity contribution < 1.29 is 19.4 Å². The summed E-state index contributed by atoms with van der Waals surface area (Å²) in [7, 11) is -3.69. The first kappa shape index (κ1) is 15.2. The molecule has 4 N–H and O–H groups in total. The monoisotopic (exact) mass is 297 g/mol. The van der Waals surface area contributed by atoms with Crippen molar-refractivity contribution in [3.63, 3.8) is 0 Å². The molecule has 0 radical (unpaired) electrons. The fourth-order valence-electron chi connectivity index (χ4n) is 2.81. The summed E-state index contributed by atoms with van der Waals surface area (Å²) in [5.41, 5.74) is 7.24. The highest BCUT2D eigenvalue weighted by molar-refractivity contribution is 7.60. The molecule has 2 rings (SSSR count). The molecule has 0 aromatic heterocycles. The van der Waals surface area contributed by atoms with Crippen LogP contribution >= 0.6 is 7.37 Å². The van der Waals surface area contributed by atoms with Gasteiger partial charge in [-0.2, -0.15) is 0 Å². The largest absolute Gasteiger partial charge is 0.480 e. The van der Waals surface area contributed by atoms with E-state index in [0.717, 1.165) is 11.1 Å². The minimum absolute atomic E-state index is 0.0974. The molecule has 0 saturated carbocycles. The predicted molar refractivity (Wildman–Crippen MR) is 76.9 cm³/mol. The van der Waals surface area contributed by atoms with Gasteiger partial charge in [0.25, 0.3) is 0 Å². The molecule has 0 aliphatic carbocycles. The molecule has 20 heavy (non-hydrogen) atoms. The molecule has 1 aliphatic rings. The first-order valence-corrected chi connectivity index (χ1v) is 8.59. The van der Waals surface area contributed by atoms with E-state index in [9.17, 15) is 19.4 Å². The maximum Gasteiger partial charge on any atom is 0.319 e. The summed E-state index contributed by atoms with van der Waals surface area (Å²) in [6.07, 6.45) is 1.75. The zero-order valence-electron chi connectivity index (χ0n) is 11.3. The van der Waals surface area contributed by atoms with Crippen molar-refractivity contribution in [3.05, 3.63) is 35.4 Å². The molecule has 2 atom stereocenters. The third-order valence-electron chi connectivity index (χ3n) is 4.12. The van der Waals surface area contributed by atoms with Crippen LogP contribution in [0.25, 0.3) is 0 Å². The van der Waals surface area contributed by atoms with Gasteiger partial charge >= 0.3 is 5.97 Å². The number of rotatable bonds is 4. The lowest BCUT2D eigenvalue weighted by atomic mass is 9.92. The average molecular weight is 297 g/mol. The molecule has 0 spiro atoms. The quantitative estimate of drug-likeness (QED) is 0.738. The minimum Gasteiger partial charge on any atom is -0.480 e. The SMILES string of the molecule is NCc1ccc(CC2(C(=O)O)CCCCP2(=O)O)cc1. The topological polar surface area (TPSA) is 101 Å². The van der Waals surface area contributed by atoms with Crippen LogP contribution in [0, 0.1) is 0 Å². The third-order valence-corrected chi connectivity index (χ3v) is 6.96. The van der Waals surface area contributed by atoms with Gasteiger partial charge in [-0.1, -0.05) is 30.7 Å². The summed E-state index contributed by atoms with van der Waals surface area (Å²) in [5.74, 6) is -1.16. The zero-order valence-corrected chi connectivity index (χ0v) is 12.2. The Morgan fingerprint density at radius 1 is 1.25 bits per heavy atom. The van der Waals surface area contributed by atoms with Gasteiger partial charge in [-0.25, -0.2) is 0 Å². The lowest BCUT2D eigenvalue weighted by Crippen LogP contribution is -2.43. The second kappa shape index (κ2) is 5.68. The van der Waals surface area contributed by atoms with Crippen LogP contribution in [0.5, 0.6) is 0 Å². The van der Waals surface area contributed by atoms with Gasteiger partial charge in [-0.05, 0) is 30.4 Å². The number of hydrogen-bond donors (Lipinski definition) is 3. The number of carbonyl (C=O) groups is 1. The van der Waals surface area contributed by atoms with Gasteiger partial charge in [0.15, 0.2) is 0 Å². The number of nitrogens with two attached hydrogens (primary N) is 1. The Bertz CT molecular complexity index is 543. The second-order valence-corrected chi connectivity index (χ2v) is 8.12. The number of hydrogen-bond acceptors (Lipinski definition) is 3. The Hall–Kier alpha value is -1.16. The summed E-state index contributed by atoms with van der Waals surface area (Å²) in [4.78, 5) is 21.8. The number of carboxylic acid groups (broad SMARTS) is 1. The van der Waals surface area contributed by atoms with Crippen LogP contribution in [0.3, 0.4) is 0 Å². The maximum atomic E-state index is 12.4. The summed E-state index contributed by atoms with van der Waals surface area (Å²) in [6, 6.07) is 7.25. The van der Waals surface area contributed by atoms with Crippen molar-refractivity contribution in [3.8, 4) is 0 Å². The molecule has 1 aliphatic heterocycles. The smallest absolute Gasteiger partial charge is 0.319 e. The molecular weight excluding hydrogens is 277 g/mol. The van der Waals surface area contributed by atoms with Crippen molar-refractivity contribution in [2.45, 2.75) is 37.4 Å². The van der Waals surface area contributed by atoms with Crippen LogP contribution in [0.15, 0.2) is 24.3 Å². The second-order valence-electron chi connectivity index (χ2n) is 5.42. The molecule has 1 heterocycles. The van der Waals surface area contributed by atoms with E-state index >= 15 is 0 Å². The molecule has 110 valence electrons. The first-order chi connectivity index (χ1) is 9.41. The highest BCUT2D eigenvalue weighted by Crippen LogP contribution is 2.61. The lowest BCUT2D eigenvalue weighted by Gasteiger charge is -2.37.